The average Bonchev–Trinajstić information content (AvgIpc) is 3.14. The van der Waals surface area contributed by atoms with Crippen LogP contribution in [0.4, 0.5) is 14.5 Å². The van der Waals surface area contributed by atoms with E-state index < -0.39 is 17.4 Å². The fraction of sp³-hybridized carbons (Fsp3) is 0.348. The molecule has 1 fully saturated rings. The number of amides is 1. The Bertz CT molecular complexity index is 1110. The van der Waals surface area contributed by atoms with Gasteiger partial charge < -0.3 is 20.9 Å². The maximum Gasteiger partial charge on any atom is 0.237 e. The summed E-state index contributed by atoms with van der Waals surface area (Å²) in [5.41, 5.74) is 6.20. The number of anilines is 1. The molecule has 1 saturated heterocycles. The molecule has 2 aromatic carbocycles. The highest BCUT2D eigenvalue weighted by Gasteiger charge is 2.49. The van der Waals surface area contributed by atoms with E-state index in [4.69, 9.17) is 10.7 Å². The minimum atomic E-state index is -0.704. The van der Waals surface area contributed by atoms with Crippen LogP contribution in [-0.4, -0.2) is 52.9 Å². The van der Waals surface area contributed by atoms with E-state index in [1.165, 1.54) is 24.3 Å². The fourth-order valence-corrected chi connectivity index (χ4v) is 4.43. The van der Waals surface area contributed by atoms with Gasteiger partial charge >= 0.3 is 0 Å². The quantitative estimate of drug-likeness (QED) is 0.765. The first-order valence-corrected chi connectivity index (χ1v) is 10.3. The number of benzene rings is 2. The molecule has 3 N–H and O–H groups in total. The molecule has 0 spiro atoms. The van der Waals surface area contributed by atoms with E-state index in [0.29, 0.717) is 24.6 Å². The van der Waals surface area contributed by atoms with Gasteiger partial charge in [-0.3, -0.25) is 9.79 Å². The summed E-state index contributed by atoms with van der Waals surface area (Å²) in [6, 6.07) is 11.8. The number of amidine groups is 1. The Morgan fingerprint density at radius 1 is 1.25 bits per heavy atom. The summed E-state index contributed by atoms with van der Waals surface area (Å²) < 4.78 is 27.4. The Labute approximate surface area is 185 Å². The van der Waals surface area contributed by atoms with Gasteiger partial charge in [-0.05, 0) is 49.7 Å². The van der Waals surface area contributed by atoms with Crippen molar-refractivity contribution < 1.29 is 13.6 Å². The fourth-order valence-electron chi connectivity index (χ4n) is 4.43. The summed E-state index contributed by atoms with van der Waals surface area (Å²) in [7, 11) is 0. The summed E-state index contributed by atoms with van der Waals surface area (Å²) in [4.78, 5) is 21.2. The molecule has 2 atom stereocenters. The van der Waals surface area contributed by atoms with Crippen molar-refractivity contribution in [1.82, 2.24) is 9.80 Å². The standard InChI is InChI=1S/C23H24F2N6O/c1-23(2)22-29-20(14-3-5-16(24)6-4-14)21(30(22)9-10-31(23)19(32)13-27)28-17-7-8-18(25)15(11-17)12-26/h3-8,11,20-21,28H,9-10,13,27H2,1-2H3. The van der Waals surface area contributed by atoms with Crippen molar-refractivity contribution >= 4 is 17.4 Å². The second kappa shape index (κ2) is 8.20. The van der Waals surface area contributed by atoms with Gasteiger partial charge in [0.1, 0.15) is 35.7 Å². The molecule has 166 valence electrons. The highest BCUT2D eigenvalue weighted by atomic mass is 19.1. The third-order valence-corrected chi connectivity index (χ3v) is 6.04. The highest BCUT2D eigenvalue weighted by Crippen LogP contribution is 2.38. The number of nitrogens with two attached hydrogens (primary N) is 1. The van der Waals surface area contributed by atoms with Crippen molar-refractivity contribution in [3.8, 4) is 6.07 Å². The van der Waals surface area contributed by atoms with Gasteiger partial charge in [-0.2, -0.15) is 5.26 Å². The zero-order valence-corrected chi connectivity index (χ0v) is 17.8. The van der Waals surface area contributed by atoms with Crippen molar-refractivity contribution in [1.29, 1.82) is 5.26 Å². The molecule has 2 aliphatic rings. The normalized spacial score (nSPS) is 21.6. The number of hydrogen-bond acceptors (Lipinski definition) is 6. The number of halogens is 2. The minimum Gasteiger partial charge on any atom is -0.363 e. The molecule has 2 unspecified atom stereocenters. The van der Waals surface area contributed by atoms with E-state index in [9.17, 15) is 18.8 Å². The Hall–Kier alpha value is -3.51. The van der Waals surface area contributed by atoms with Crippen LogP contribution in [0.25, 0.3) is 0 Å². The van der Waals surface area contributed by atoms with Gasteiger partial charge in [-0.25, -0.2) is 8.78 Å². The predicted octanol–water partition coefficient (Wildman–Crippen LogP) is 2.61. The van der Waals surface area contributed by atoms with Crippen LogP contribution in [0.15, 0.2) is 47.5 Å². The first-order valence-electron chi connectivity index (χ1n) is 10.3. The third kappa shape index (κ3) is 3.67. The molecular weight excluding hydrogens is 414 g/mol. The van der Waals surface area contributed by atoms with E-state index in [2.05, 4.69) is 10.2 Å². The van der Waals surface area contributed by atoms with Crippen molar-refractivity contribution in [2.24, 2.45) is 10.7 Å². The molecule has 2 aromatic rings. The molecule has 0 aromatic heterocycles. The van der Waals surface area contributed by atoms with Crippen LogP contribution in [0.5, 0.6) is 0 Å². The Morgan fingerprint density at radius 3 is 2.62 bits per heavy atom. The number of carbonyl (C=O) groups is 1. The van der Waals surface area contributed by atoms with Gasteiger partial charge in [-0.15, -0.1) is 0 Å². The lowest BCUT2D eigenvalue weighted by molar-refractivity contribution is -0.134. The van der Waals surface area contributed by atoms with Gasteiger partial charge in [0, 0.05) is 18.8 Å². The van der Waals surface area contributed by atoms with Gasteiger partial charge in [0.05, 0.1) is 17.6 Å². The van der Waals surface area contributed by atoms with Gasteiger partial charge in [0.15, 0.2) is 0 Å². The Morgan fingerprint density at radius 2 is 1.97 bits per heavy atom. The number of nitrogens with zero attached hydrogens (tertiary/aromatic N) is 4. The second-order valence-corrected chi connectivity index (χ2v) is 8.35. The molecular formula is C23H24F2N6O. The summed E-state index contributed by atoms with van der Waals surface area (Å²) >= 11 is 0. The van der Waals surface area contributed by atoms with E-state index >= 15 is 0 Å². The second-order valence-electron chi connectivity index (χ2n) is 8.35. The van der Waals surface area contributed by atoms with Crippen LogP contribution in [0.2, 0.25) is 0 Å². The first-order chi connectivity index (χ1) is 15.3. The number of piperazine rings is 1. The van der Waals surface area contributed by atoms with Gasteiger partial charge in [0.2, 0.25) is 5.91 Å². The molecule has 7 nitrogen and oxygen atoms in total. The lowest BCUT2D eigenvalue weighted by Crippen LogP contribution is -2.66. The maximum absolute atomic E-state index is 13.8. The van der Waals surface area contributed by atoms with Gasteiger partial charge in [-0.1, -0.05) is 12.1 Å². The Balaban J connectivity index is 1.74. The molecule has 0 radical (unpaired) electrons. The number of carbonyl (C=O) groups excluding carboxylic acids is 1. The zero-order chi connectivity index (χ0) is 23.0. The number of aliphatic imine (C=N–C) groups is 1. The summed E-state index contributed by atoms with van der Waals surface area (Å²) in [6.07, 6.45) is -0.373. The summed E-state index contributed by atoms with van der Waals surface area (Å²) in [5, 5.41) is 12.6. The molecule has 2 aliphatic heterocycles. The molecule has 32 heavy (non-hydrogen) atoms. The van der Waals surface area contributed by atoms with Crippen molar-refractivity contribution in [2.75, 3.05) is 25.0 Å². The Kier molecular flexibility index (Phi) is 5.57. The number of nitriles is 1. The van der Waals surface area contributed by atoms with E-state index in [-0.39, 0.29) is 30.0 Å². The monoisotopic (exact) mass is 438 g/mol. The largest absolute Gasteiger partial charge is 0.363 e. The van der Waals surface area contributed by atoms with E-state index in [1.54, 1.807) is 23.1 Å². The summed E-state index contributed by atoms with van der Waals surface area (Å²) in [6.45, 7) is 4.72. The molecule has 0 bridgehead atoms. The minimum absolute atomic E-state index is 0.0637. The van der Waals surface area contributed by atoms with Crippen molar-refractivity contribution in [3.63, 3.8) is 0 Å². The number of hydrogen-bond donors (Lipinski definition) is 2. The summed E-state index contributed by atoms with van der Waals surface area (Å²) in [5.74, 6) is -0.394. The molecule has 0 saturated carbocycles. The highest BCUT2D eigenvalue weighted by molar-refractivity contribution is 5.97. The molecule has 9 heteroatoms. The molecule has 2 heterocycles. The topological polar surface area (TPSA) is 97.8 Å². The third-order valence-electron chi connectivity index (χ3n) is 6.04. The van der Waals surface area contributed by atoms with Crippen LogP contribution < -0.4 is 11.1 Å². The molecule has 0 aliphatic carbocycles. The van der Waals surface area contributed by atoms with Crippen LogP contribution >= 0.6 is 0 Å². The van der Waals surface area contributed by atoms with Crippen LogP contribution in [-0.2, 0) is 4.79 Å². The van der Waals surface area contributed by atoms with Gasteiger partial charge in [0.25, 0.3) is 0 Å². The van der Waals surface area contributed by atoms with Crippen LogP contribution in [0, 0.1) is 23.0 Å². The van der Waals surface area contributed by atoms with E-state index in [0.717, 1.165) is 5.56 Å². The number of rotatable bonds is 4. The average molecular weight is 438 g/mol. The zero-order valence-electron chi connectivity index (χ0n) is 17.8. The predicted molar refractivity (Wildman–Crippen MR) is 117 cm³/mol. The lowest BCUT2D eigenvalue weighted by Gasteiger charge is -2.48. The first kappa shape index (κ1) is 21.7. The van der Waals surface area contributed by atoms with Crippen LogP contribution in [0.3, 0.4) is 0 Å². The molecule has 1 amide bonds. The number of fused-ring (bicyclic) bond motifs is 1. The van der Waals surface area contributed by atoms with Crippen molar-refractivity contribution in [2.45, 2.75) is 31.6 Å². The smallest absolute Gasteiger partial charge is 0.237 e. The lowest BCUT2D eigenvalue weighted by atomic mass is 9.96. The van der Waals surface area contributed by atoms with Crippen LogP contribution in [0.1, 0.15) is 31.0 Å². The van der Waals surface area contributed by atoms with Crippen molar-refractivity contribution in [3.05, 3.63) is 65.2 Å². The SMILES string of the molecule is CC1(C)C2=NC(c3ccc(F)cc3)C(Nc3ccc(F)c(C#N)c3)N2CCN1C(=O)CN. The number of nitrogens with one attached hydrogen (secondary N) is 1. The maximum atomic E-state index is 13.8. The van der Waals surface area contributed by atoms with E-state index in [1.807, 2.05) is 19.9 Å². The molecule has 4 rings (SSSR count).